The van der Waals surface area contributed by atoms with Crippen molar-refractivity contribution in [3.63, 3.8) is 0 Å². The fourth-order valence-corrected chi connectivity index (χ4v) is 4.04. The van der Waals surface area contributed by atoms with Crippen molar-refractivity contribution >= 4 is 17.9 Å². The first-order valence-corrected chi connectivity index (χ1v) is 11.3. The molecule has 2 aliphatic rings. The lowest BCUT2D eigenvalue weighted by Gasteiger charge is -2.35. The number of nitrogens with one attached hydrogen (secondary N) is 2. The van der Waals surface area contributed by atoms with Gasteiger partial charge in [0.1, 0.15) is 11.9 Å². The molecule has 8 heteroatoms. The van der Waals surface area contributed by atoms with Gasteiger partial charge in [-0.2, -0.15) is 0 Å². The zero-order chi connectivity index (χ0) is 22.2. The standard InChI is InChI=1S/C23H35N3O5/c1-15(2)31-23(28)26-20(22(27)29-3)10-12-30-19-13-16(14-19)6-8-18-9-7-17-5-4-11-24-21(17)25-18/h7,9,15-16,19-20H,4-6,8,10-14H2,1-3H3,(H,24,25)(H,26,28)/t16-,19-,20?. The van der Waals surface area contributed by atoms with Crippen LogP contribution in [-0.4, -0.2) is 55.6 Å². The summed E-state index contributed by atoms with van der Waals surface area (Å²) in [5, 5.41) is 5.94. The normalized spacial score (nSPS) is 20.8. The number of carbonyl (C=O) groups is 2. The van der Waals surface area contributed by atoms with E-state index in [-0.39, 0.29) is 12.2 Å². The van der Waals surface area contributed by atoms with Crippen LogP contribution in [0.5, 0.6) is 0 Å². The molecule has 172 valence electrons. The highest BCUT2D eigenvalue weighted by Crippen LogP contribution is 2.34. The van der Waals surface area contributed by atoms with Crippen LogP contribution >= 0.6 is 0 Å². The number of anilines is 1. The maximum absolute atomic E-state index is 11.9. The summed E-state index contributed by atoms with van der Waals surface area (Å²) in [5.74, 6) is 1.21. The van der Waals surface area contributed by atoms with Gasteiger partial charge in [-0.1, -0.05) is 6.07 Å². The molecule has 1 fully saturated rings. The highest BCUT2D eigenvalue weighted by Gasteiger charge is 2.30. The lowest BCUT2D eigenvalue weighted by molar-refractivity contribution is -0.144. The fourth-order valence-electron chi connectivity index (χ4n) is 4.04. The van der Waals surface area contributed by atoms with Crippen LogP contribution in [0.3, 0.4) is 0 Å². The van der Waals surface area contributed by atoms with E-state index in [1.807, 2.05) is 0 Å². The summed E-state index contributed by atoms with van der Waals surface area (Å²) in [6, 6.07) is 3.60. The lowest BCUT2D eigenvalue weighted by atomic mass is 9.79. The molecule has 0 radical (unpaired) electrons. The number of hydrogen-bond acceptors (Lipinski definition) is 7. The Morgan fingerprint density at radius 3 is 2.84 bits per heavy atom. The SMILES string of the molecule is COC(=O)C(CCO[C@H]1C[C@H](CCc2ccc3c(n2)NCCC3)C1)NC(=O)OC(C)C. The molecule has 0 spiro atoms. The molecular formula is C23H35N3O5. The van der Waals surface area contributed by atoms with E-state index >= 15 is 0 Å². The number of esters is 1. The van der Waals surface area contributed by atoms with Crippen LogP contribution in [0.25, 0.3) is 0 Å². The number of nitrogens with zero attached hydrogens (tertiary/aromatic N) is 1. The molecule has 0 bridgehead atoms. The summed E-state index contributed by atoms with van der Waals surface area (Å²) in [6.45, 7) is 4.90. The predicted molar refractivity (Wildman–Crippen MR) is 117 cm³/mol. The Hall–Kier alpha value is -2.35. The van der Waals surface area contributed by atoms with Crippen molar-refractivity contribution in [2.75, 3.05) is 25.6 Å². The van der Waals surface area contributed by atoms with Crippen LogP contribution in [0.4, 0.5) is 10.6 Å². The second-order valence-electron chi connectivity index (χ2n) is 8.67. The summed E-state index contributed by atoms with van der Waals surface area (Å²) in [7, 11) is 1.30. The first-order chi connectivity index (χ1) is 14.9. The van der Waals surface area contributed by atoms with Gasteiger partial charge in [-0.15, -0.1) is 0 Å². The van der Waals surface area contributed by atoms with Gasteiger partial charge >= 0.3 is 12.1 Å². The van der Waals surface area contributed by atoms with Crippen molar-refractivity contribution in [1.29, 1.82) is 0 Å². The molecular weight excluding hydrogens is 398 g/mol. The lowest BCUT2D eigenvalue weighted by Crippen LogP contribution is -2.43. The molecule has 1 aromatic heterocycles. The molecule has 2 heterocycles. The van der Waals surface area contributed by atoms with Gasteiger partial charge in [-0.3, -0.25) is 0 Å². The number of aromatic nitrogens is 1. The zero-order valence-corrected chi connectivity index (χ0v) is 18.8. The van der Waals surface area contributed by atoms with Gasteiger partial charge in [-0.25, -0.2) is 14.6 Å². The van der Waals surface area contributed by atoms with E-state index in [0.29, 0.717) is 18.9 Å². The van der Waals surface area contributed by atoms with E-state index in [1.54, 1.807) is 13.8 Å². The van der Waals surface area contributed by atoms with Crippen molar-refractivity contribution in [3.05, 3.63) is 23.4 Å². The van der Waals surface area contributed by atoms with Crippen molar-refractivity contribution in [3.8, 4) is 0 Å². The van der Waals surface area contributed by atoms with Gasteiger partial charge in [0.2, 0.25) is 0 Å². The third-order valence-electron chi connectivity index (χ3n) is 5.83. The van der Waals surface area contributed by atoms with Crippen LogP contribution in [-0.2, 0) is 31.8 Å². The highest BCUT2D eigenvalue weighted by atomic mass is 16.6. The third-order valence-corrected chi connectivity index (χ3v) is 5.83. The summed E-state index contributed by atoms with van der Waals surface area (Å²) >= 11 is 0. The molecule has 8 nitrogen and oxygen atoms in total. The second kappa shape index (κ2) is 11.3. The molecule has 1 aliphatic carbocycles. The smallest absolute Gasteiger partial charge is 0.408 e. The molecule has 1 aliphatic heterocycles. The Kier molecular flexibility index (Phi) is 8.51. The van der Waals surface area contributed by atoms with Crippen molar-refractivity contribution in [1.82, 2.24) is 10.3 Å². The zero-order valence-electron chi connectivity index (χ0n) is 18.8. The van der Waals surface area contributed by atoms with Gasteiger partial charge in [0.15, 0.2) is 0 Å². The van der Waals surface area contributed by atoms with E-state index in [9.17, 15) is 9.59 Å². The van der Waals surface area contributed by atoms with Crippen molar-refractivity contribution in [2.24, 2.45) is 5.92 Å². The minimum atomic E-state index is -0.768. The molecule has 31 heavy (non-hydrogen) atoms. The molecule has 1 unspecified atom stereocenters. The van der Waals surface area contributed by atoms with Gasteiger partial charge in [0.25, 0.3) is 0 Å². The number of fused-ring (bicyclic) bond motifs is 1. The first-order valence-electron chi connectivity index (χ1n) is 11.3. The molecule has 2 N–H and O–H groups in total. The van der Waals surface area contributed by atoms with Gasteiger partial charge < -0.3 is 24.8 Å². The van der Waals surface area contributed by atoms with Crippen molar-refractivity contribution < 1.29 is 23.8 Å². The molecule has 0 aromatic carbocycles. The number of rotatable bonds is 10. The van der Waals surface area contributed by atoms with Crippen LogP contribution in [0.15, 0.2) is 12.1 Å². The number of alkyl carbamates (subject to hydrolysis) is 1. The molecule has 0 saturated heterocycles. The van der Waals surface area contributed by atoms with Crippen molar-refractivity contribution in [2.45, 2.75) is 77.0 Å². The quantitative estimate of drug-likeness (QED) is 0.547. The highest BCUT2D eigenvalue weighted by molar-refractivity contribution is 5.81. The van der Waals surface area contributed by atoms with E-state index in [0.717, 1.165) is 50.2 Å². The number of methoxy groups -OCH3 is 1. The van der Waals surface area contributed by atoms with Gasteiger partial charge in [0.05, 0.1) is 19.3 Å². The van der Waals surface area contributed by atoms with E-state index in [4.69, 9.17) is 19.2 Å². The number of ether oxygens (including phenoxy) is 3. The summed E-state index contributed by atoms with van der Waals surface area (Å²) in [4.78, 5) is 28.4. The molecule has 3 rings (SSSR count). The Morgan fingerprint density at radius 2 is 2.10 bits per heavy atom. The predicted octanol–water partition coefficient (Wildman–Crippen LogP) is 3.23. The third kappa shape index (κ3) is 7.09. The summed E-state index contributed by atoms with van der Waals surface area (Å²) < 4.78 is 15.7. The molecule has 1 saturated carbocycles. The summed E-state index contributed by atoms with van der Waals surface area (Å²) in [6.07, 6.45) is 6.12. The number of aryl methyl sites for hydroxylation is 2. The van der Waals surface area contributed by atoms with Crippen LogP contribution in [0, 0.1) is 5.92 Å². The van der Waals surface area contributed by atoms with Crippen LogP contribution in [0.2, 0.25) is 0 Å². The average Bonchev–Trinajstić information content (AvgIpc) is 2.72. The van der Waals surface area contributed by atoms with Crippen LogP contribution in [0.1, 0.15) is 57.2 Å². The van der Waals surface area contributed by atoms with Crippen LogP contribution < -0.4 is 10.6 Å². The largest absolute Gasteiger partial charge is 0.467 e. The number of carbonyl (C=O) groups excluding carboxylic acids is 2. The number of hydrogen-bond donors (Lipinski definition) is 2. The molecule has 1 amide bonds. The Labute approximate surface area is 184 Å². The Bertz CT molecular complexity index is 749. The van der Waals surface area contributed by atoms with E-state index in [2.05, 4.69) is 22.8 Å². The minimum Gasteiger partial charge on any atom is -0.467 e. The monoisotopic (exact) mass is 433 g/mol. The average molecular weight is 434 g/mol. The Balaban J connectivity index is 1.33. The van der Waals surface area contributed by atoms with Gasteiger partial charge in [-0.05, 0) is 69.9 Å². The van der Waals surface area contributed by atoms with E-state index in [1.165, 1.54) is 19.1 Å². The maximum atomic E-state index is 11.9. The first kappa shape index (κ1) is 23.3. The van der Waals surface area contributed by atoms with Gasteiger partial charge in [0, 0.05) is 25.3 Å². The number of amides is 1. The molecule has 1 atom stereocenters. The Morgan fingerprint density at radius 1 is 1.29 bits per heavy atom. The second-order valence-corrected chi connectivity index (χ2v) is 8.67. The number of pyridine rings is 1. The van der Waals surface area contributed by atoms with E-state index < -0.39 is 18.1 Å². The maximum Gasteiger partial charge on any atom is 0.408 e. The summed E-state index contributed by atoms with van der Waals surface area (Å²) in [5.41, 5.74) is 2.47. The fraction of sp³-hybridized carbons (Fsp3) is 0.696. The minimum absolute atomic E-state index is 0.212. The topological polar surface area (TPSA) is 98.8 Å². The molecule has 1 aromatic rings.